The molecule has 0 saturated heterocycles. The Labute approximate surface area is 96.6 Å². The SMILES string of the molecule is CCCCCCCCCC[N+](C)(C)C.[OH-]. The molecule has 0 aliphatic rings. The molecule has 2 nitrogen and oxygen atoms in total. The lowest BCUT2D eigenvalue weighted by Gasteiger charge is -2.23. The molecule has 0 amide bonds. The van der Waals surface area contributed by atoms with E-state index in [1.165, 1.54) is 57.9 Å². The highest BCUT2D eigenvalue weighted by atomic mass is 16.0. The van der Waals surface area contributed by atoms with E-state index in [9.17, 15) is 0 Å². The van der Waals surface area contributed by atoms with Gasteiger partial charge in [-0.2, -0.15) is 0 Å². The number of nitrogens with zero attached hydrogens (tertiary/aromatic N) is 1. The Hall–Kier alpha value is -0.0800. The van der Waals surface area contributed by atoms with Gasteiger partial charge >= 0.3 is 0 Å². The number of hydrogen-bond acceptors (Lipinski definition) is 1. The Morgan fingerprint density at radius 1 is 0.667 bits per heavy atom. The van der Waals surface area contributed by atoms with Crippen LogP contribution in [0.1, 0.15) is 58.3 Å². The molecule has 0 bridgehead atoms. The Balaban J connectivity index is 0. The van der Waals surface area contributed by atoms with Crippen LogP contribution in [-0.2, 0) is 0 Å². The third-order valence-electron chi connectivity index (χ3n) is 2.68. The first kappa shape index (κ1) is 17.3. The van der Waals surface area contributed by atoms with Gasteiger partial charge in [0.1, 0.15) is 0 Å². The van der Waals surface area contributed by atoms with Gasteiger partial charge in [0.15, 0.2) is 0 Å². The summed E-state index contributed by atoms with van der Waals surface area (Å²) in [5.41, 5.74) is 0. The van der Waals surface area contributed by atoms with Crippen molar-refractivity contribution in [2.75, 3.05) is 27.7 Å². The first-order chi connectivity index (χ1) is 6.56. The average molecular weight is 217 g/mol. The van der Waals surface area contributed by atoms with Gasteiger partial charge in [-0.05, 0) is 12.8 Å². The second-order valence-electron chi connectivity index (χ2n) is 5.49. The predicted molar refractivity (Wildman–Crippen MR) is 67.4 cm³/mol. The van der Waals surface area contributed by atoms with Gasteiger partial charge < -0.3 is 9.96 Å². The van der Waals surface area contributed by atoms with Crippen molar-refractivity contribution in [2.24, 2.45) is 0 Å². The van der Waals surface area contributed by atoms with E-state index in [1.807, 2.05) is 0 Å². The summed E-state index contributed by atoms with van der Waals surface area (Å²) in [5.74, 6) is 0. The Bertz CT molecular complexity index is 118. The van der Waals surface area contributed by atoms with Gasteiger partial charge in [-0.25, -0.2) is 0 Å². The molecule has 1 N–H and O–H groups in total. The van der Waals surface area contributed by atoms with E-state index in [2.05, 4.69) is 28.1 Å². The lowest BCUT2D eigenvalue weighted by atomic mass is 10.1. The molecular formula is C13H31NO. The van der Waals surface area contributed by atoms with Crippen LogP contribution in [0.5, 0.6) is 0 Å². The molecular weight excluding hydrogens is 186 g/mol. The molecule has 0 unspecified atom stereocenters. The summed E-state index contributed by atoms with van der Waals surface area (Å²) >= 11 is 0. The summed E-state index contributed by atoms with van der Waals surface area (Å²) in [4.78, 5) is 0. The van der Waals surface area contributed by atoms with Gasteiger partial charge in [0.05, 0.1) is 27.7 Å². The third kappa shape index (κ3) is 16.6. The minimum absolute atomic E-state index is 0. The number of quaternary nitrogens is 1. The van der Waals surface area contributed by atoms with Crippen molar-refractivity contribution in [2.45, 2.75) is 58.3 Å². The van der Waals surface area contributed by atoms with E-state index in [0.29, 0.717) is 0 Å². The second kappa shape index (κ2) is 10.4. The summed E-state index contributed by atoms with van der Waals surface area (Å²) in [6.45, 7) is 3.61. The van der Waals surface area contributed by atoms with Crippen molar-refractivity contribution in [1.82, 2.24) is 0 Å². The van der Waals surface area contributed by atoms with Crippen LogP contribution < -0.4 is 0 Å². The molecule has 0 fully saturated rings. The fourth-order valence-electron chi connectivity index (χ4n) is 1.72. The molecule has 0 rings (SSSR count). The molecule has 0 spiro atoms. The quantitative estimate of drug-likeness (QED) is 0.428. The Kier molecular flexibility index (Phi) is 12.1. The summed E-state index contributed by atoms with van der Waals surface area (Å²) in [5, 5.41) is 0. The van der Waals surface area contributed by atoms with Crippen LogP contribution in [0, 0.1) is 0 Å². The summed E-state index contributed by atoms with van der Waals surface area (Å²) in [7, 11) is 6.84. The highest BCUT2D eigenvalue weighted by Crippen LogP contribution is 2.09. The maximum absolute atomic E-state index is 2.28. The van der Waals surface area contributed by atoms with Crippen molar-refractivity contribution >= 4 is 0 Å². The lowest BCUT2D eigenvalue weighted by molar-refractivity contribution is -0.870. The maximum Gasteiger partial charge on any atom is 0.0780 e. The van der Waals surface area contributed by atoms with Gasteiger partial charge in [-0.1, -0.05) is 45.4 Å². The van der Waals surface area contributed by atoms with Crippen molar-refractivity contribution in [3.63, 3.8) is 0 Å². The van der Waals surface area contributed by atoms with Gasteiger partial charge in [-0.3, -0.25) is 0 Å². The molecule has 0 heterocycles. The van der Waals surface area contributed by atoms with Gasteiger partial charge in [-0.15, -0.1) is 0 Å². The fraction of sp³-hybridized carbons (Fsp3) is 1.00. The third-order valence-corrected chi connectivity index (χ3v) is 2.68. The summed E-state index contributed by atoms with van der Waals surface area (Å²) in [6.07, 6.45) is 11.4. The van der Waals surface area contributed by atoms with E-state index >= 15 is 0 Å². The molecule has 15 heavy (non-hydrogen) atoms. The zero-order valence-electron chi connectivity index (χ0n) is 11.3. The standard InChI is InChI=1S/C13H30N.H2O/c1-5-6-7-8-9-10-11-12-13-14(2,3)4;/h5-13H2,1-4H3;1H2/q+1;/p-1. The highest BCUT2D eigenvalue weighted by Gasteiger charge is 2.04. The summed E-state index contributed by atoms with van der Waals surface area (Å²) < 4.78 is 1.12. The van der Waals surface area contributed by atoms with Gasteiger partial charge in [0.25, 0.3) is 0 Å². The van der Waals surface area contributed by atoms with Crippen LogP contribution in [0.15, 0.2) is 0 Å². The number of unbranched alkanes of at least 4 members (excludes halogenated alkanes) is 7. The normalized spacial score (nSPS) is 11.2. The highest BCUT2D eigenvalue weighted by molar-refractivity contribution is 4.45. The van der Waals surface area contributed by atoms with Crippen molar-refractivity contribution in [3.8, 4) is 0 Å². The van der Waals surface area contributed by atoms with Crippen LogP contribution in [0.2, 0.25) is 0 Å². The van der Waals surface area contributed by atoms with E-state index in [-0.39, 0.29) is 5.48 Å². The maximum atomic E-state index is 2.28. The van der Waals surface area contributed by atoms with E-state index in [0.717, 1.165) is 4.48 Å². The Morgan fingerprint density at radius 3 is 1.47 bits per heavy atom. The minimum atomic E-state index is 0. The number of rotatable bonds is 9. The molecule has 0 radical (unpaired) electrons. The molecule has 0 aliphatic heterocycles. The molecule has 0 aliphatic carbocycles. The molecule has 94 valence electrons. The molecule has 0 atom stereocenters. The molecule has 2 heteroatoms. The fourth-order valence-corrected chi connectivity index (χ4v) is 1.72. The molecule has 0 aromatic heterocycles. The number of hydrogen-bond donors (Lipinski definition) is 0. The van der Waals surface area contributed by atoms with E-state index in [1.54, 1.807) is 0 Å². The van der Waals surface area contributed by atoms with Crippen LogP contribution in [0.25, 0.3) is 0 Å². The first-order valence-corrected chi connectivity index (χ1v) is 6.36. The van der Waals surface area contributed by atoms with Crippen LogP contribution in [0.3, 0.4) is 0 Å². The second-order valence-corrected chi connectivity index (χ2v) is 5.49. The summed E-state index contributed by atoms with van der Waals surface area (Å²) in [6, 6.07) is 0. The monoisotopic (exact) mass is 217 g/mol. The van der Waals surface area contributed by atoms with Crippen molar-refractivity contribution in [1.29, 1.82) is 0 Å². The van der Waals surface area contributed by atoms with Crippen molar-refractivity contribution in [3.05, 3.63) is 0 Å². The van der Waals surface area contributed by atoms with E-state index in [4.69, 9.17) is 0 Å². The molecule has 0 aromatic carbocycles. The van der Waals surface area contributed by atoms with Crippen LogP contribution in [-0.4, -0.2) is 37.6 Å². The smallest absolute Gasteiger partial charge is 0.0780 e. The molecule has 0 aromatic rings. The lowest BCUT2D eigenvalue weighted by Crippen LogP contribution is -2.35. The topological polar surface area (TPSA) is 30.0 Å². The zero-order chi connectivity index (χ0) is 10.9. The minimum Gasteiger partial charge on any atom is -0.870 e. The zero-order valence-corrected chi connectivity index (χ0v) is 11.3. The van der Waals surface area contributed by atoms with Crippen LogP contribution >= 0.6 is 0 Å². The average Bonchev–Trinajstić information content (AvgIpc) is 2.08. The molecule has 0 saturated carbocycles. The van der Waals surface area contributed by atoms with E-state index < -0.39 is 0 Å². The largest absolute Gasteiger partial charge is 0.870 e. The predicted octanol–water partition coefficient (Wildman–Crippen LogP) is 3.66. The Morgan fingerprint density at radius 2 is 1.07 bits per heavy atom. The van der Waals surface area contributed by atoms with Crippen LogP contribution in [0.4, 0.5) is 0 Å². The van der Waals surface area contributed by atoms with Gasteiger partial charge in [0.2, 0.25) is 0 Å². The first-order valence-electron chi connectivity index (χ1n) is 6.36. The van der Waals surface area contributed by atoms with Crippen molar-refractivity contribution < 1.29 is 9.96 Å². The van der Waals surface area contributed by atoms with Gasteiger partial charge in [0, 0.05) is 0 Å².